The fourth-order valence-electron chi connectivity index (χ4n) is 3.18. The van der Waals surface area contributed by atoms with Gasteiger partial charge in [-0.3, -0.25) is 9.69 Å². The van der Waals surface area contributed by atoms with E-state index in [1.54, 1.807) is 11.3 Å². The van der Waals surface area contributed by atoms with E-state index in [0.717, 1.165) is 50.8 Å². The highest BCUT2D eigenvalue weighted by atomic mass is 32.1. The number of aromatic nitrogens is 1. The molecule has 21 heavy (non-hydrogen) atoms. The third-order valence-electron chi connectivity index (χ3n) is 4.43. The van der Waals surface area contributed by atoms with Gasteiger partial charge in [-0.25, -0.2) is 4.98 Å². The first-order valence-electron chi connectivity index (χ1n) is 7.87. The van der Waals surface area contributed by atoms with E-state index in [1.807, 2.05) is 11.6 Å². The molecule has 2 saturated heterocycles. The lowest BCUT2D eigenvalue weighted by Gasteiger charge is -2.36. The lowest BCUT2D eigenvalue weighted by Crippen LogP contribution is -2.51. The van der Waals surface area contributed by atoms with Crippen LogP contribution in [0.1, 0.15) is 19.8 Å². The van der Waals surface area contributed by atoms with E-state index in [4.69, 9.17) is 0 Å². The van der Waals surface area contributed by atoms with Crippen LogP contribution in [0.5, 0.6) is 0 Å². The molecule has 0 unspecified atom stereocenters. The van der Waals surface area contributed by atoms with Crippen LogP contribution in [0.2, 0.25) is 0 Å². The van der Waals surface area contributed by atoms with Crippen molar-refractivity contribution in [1.29, 1.82) is 0 Å². The molecule has 0 aliphatic carbocycles. The van der Waals surface area contributed by atoms with Crippen LogP contribution in [0.15, 0.2) is 11.6 Å². The first-order chi connectivity index (χ1) is 10.2. The number of piperidine rings is 1. The SMILES string of the molecule is C[C@@H]1CCCN(C(=O)CN2CCN(c3nccs3)CC2)C1. The smallest absolute Gasteiger partial charge is 0.236 e. The molecule has 2 aliphatic rings. The molecule has 2 fully saturated rings. The Morgan fingerprint density at radius 1 is 1.33 bits per heavy atom. The van der Waals surface area contributed by atoms with E-state index in [-0.39, 0.29) is 0 Å². The molecule has 1 atom stereocenters. The Balaban J connectivity index is 1.45. The van der Waals surface area contributed by atoms with Gasteiger partial charge in [0.25, 0.3) is 0 Å². The molecule has 0 bridgehead atoms. The molecule has 0 radical (unpaired) electrons. The van der Waals surface area contributed by atoms with Gasteiger partial charge in [-0.05, 0) is 18.8 Å². The normalized spacial score (nSPS) is 24.3. The van der Waals surface area contributed by atoms with Crippen LogP contribution in [0, 0.1) is 5.92 Å². The molecule has 3 rings (SSSR count). The molecule has 0 aromatic carbocycles. The number of thiazole rings is 1. The van der Waals surface area contributed by atoms with Crippen LogP contribution in [-0.2, 0) is 4.79 Å². The van der Waals surface area contributed by atoms with E-state index in [1.165, 1.54) is 6.42 Å². The number of carbonyl (C=O) groups excluding carboxylic acids is 1. The Hall–Kier alpha value is -1.14. The van der Waals surface area contributed by atoms with Crippen LogP contribution in [0.25, 0.3) is 0 Å². The second-order valence-electron chi connectivity index (χ2n) is 6.17. The minimum Gasteiger partial charge on any atom is -0.346 e. The van der Waals surface area contributed by atoms with Crippen molar-refractivity contribution in [1.82, 2.24) is 14.8 Å². The predicted molar refractivity (Wildman–Crippen MR) is 85.7 cm³/mol. The highest BCUT2D eigenvalue weighted by Gasteiger charge is 2.25. The highest BCUT2D eigenvalue weighted by molar-refractivity contribution is 7.13. The minimum absolute atomic E-state index is 0.309. The zero-order valence-electron chi connectivity index (χ0n) is 12.7. The van der Waals surface area contributed by atoms with Crippen molar-refractivity contribution in [2.24, 2.45) is 5.92 Å². The molecular formula is C15H24N4OS. The molecule has 1 amide bonds. The van der Waals surface area contributed by atoms with E-state index >= 15 is 0 Å². The second kappa shape index (κ2) is 6.75. The summed E-state index contributed by atoms with van der Waals surface area (Å²) in [6, 6.07) is 0. The quantitative estimate of drug-likeness (QED) is 0.849. The number of piperazine rings is 1. The summed E-state index contributed by atoms with van der Waals surface area (Å²) in [6.07, 6.45) is 4.27. The number of carbonyl (C=O) groups is 1. The Bertz CT molecular complexity index is 456. The molecule has 3 heterocycles. The van der Waals surface area contributed by atoms with Crippen molar-refractivity contribution in [3.8, 4) is 0 Å². The lowest BCUT2D eigenvalue weighted by atomic mass is 10.0. The van der Waals surface area contributed by atoms with Crippen LogP contribution >= 0.6 is 11.3 Å². The summed E-state index contributed by atoms with van der Waals surface area (Å²) in [5.74, 6) is 0.966. The van der Waals surface area contributed by atoms with Gasteiger partial charge in [0.1, 0.15) is 0 Å². The zero-order chi connectivity index (χ0) is 14.7. The topological polar surface area (TPSA) is 39.7 Å². The molecule has 1 aromatic rings. The van der Waals surface area contributed by atoms with Gasteiger partial charge in [0, 0.05) is 50.8 Å². The summed E-state index contributed by atoms with van der Waals surface area (Å²) < 4.78 is 0. The lowest BCUT2D eigenvalue weighted by molar-refractivity contribution is -0.134. The van der Waals surface area contributed by atoms with E-state index in [0.29, 0.717) is 18.4 Å². The summed E-state index contributed by atoms with van der Waals surface area (Å²) in [7, 11) is 0. The fourth-order valence-corrected chi connectivity index (χ4v) is 3.87. The zero-order valence-corrected chi connectivity index (χ0v) is 13.5. The van der Waals surface area contributed by atoms with Gasteiger partial charge in [0.05, 0.1) is 6.54 Å². The van der Waals surface area contributed by atoms with E-state index < -0.39 is 0 Å². The van der Waals surface area contributed by atoms with Gasteiger partial charge in [-0.1, -0.05) is 6.92 Å². The number of rotatable bonds is 3. The monoisotopic (exact) mass is 308 g/mol. The summed E-state index contributed by atoms with van der Waals surface area (Å²) in [5, 5.41) is 3.12. The average molecular weight is 308 g/mol. The highest BCUT2D eigenvalue weighted by Crippen LogP contribution is 2.19. The first-order valence-corrected chi connectivity index (χ1v) is 8.75. The molecule has 0 saturated carbocycles. The summed E-state index contributed by atoms with van der Waals surface area (Å²) in [6.45, 7) is 8.56. The molecular weight excluding hydrogens is 284 g/mol. The van der Waals surface area contributed by atoms with Crippen molar-refractivity contribution < 1.29 is 4.79 Å². The Labute approximate surface area is 130 Å². The maximum atomic E-state index is 12.4. The third kappa shape index (κ3) is 3.74. The number of amides is 1. The number of anilines is 1. The molecule has 1 aromatic heterocycles. The van der Waals surface area contributed by atoms with Crippen LogP contribution in [-0.4, -0.2) is 66.5 Å². The number of likely N-dealkylation sites (tertiary alicyclic amines) is 1. The van der Waals surface area contributed by atoms with Crippen molar-refractivity contribution in [3.63, 3.8) is 0 Å². The van der Waals surface area contributed by atoms with Crippen molar-refractivity contribution >= 4 is 22.4 Å². The van der Waals surface area contributed by atoms with Crippen molar-refractivity contribution in [2.45, 2.75) is 19.8 Å². The van der Waals surface area contributed by atoms with Gasteiger partial charge >= 0.3 is 0 Å². The number of hydrogen-bond acceptors (Lipinski definition) is 5. The van der Waals surface area contributed by atoms with Gasteiger partial charge in [-0.15, -0.1) is 11.3 Å². The minimum atomic E-state index is 0.309. The molecule has 0 spiro atoms. The Morgan fingerprint density at radius 2 is 2.14 bits per heavy atom. The fraction of sp³-hybridized carbons (Fsp3) is 0.733. The second-order valence-corrected chi connectivity index (χ2v) is 7.04. The predicted octanol–water partition coefficient (Wildman–Crippen LogP) is 1.52. The Morgan fingerprint density at radius 3 is 2.81 bits per heavy atom. The van der Waals surface area contributed by atoms with Gasteiger partial charge < -0.3 is 9.80 Å². The Kier molecular flexibility index (Phi) is 4.75. The largest absolute Gasteiger partial charge is 0.346 e. The van der Waals surface area contributed by atoms with Crippen LogP contribution in [0.4, 0.5) is 5.13 Å². The molecule has 116 valence electrons. The summed E-state index contributed by atoms with van der Waals surface area (Å²) >= 11 is 1.69. The van der Waals surface area contributed by atoms with Crippen LogP contribution in [0.3, 0.4) is 0 Å². The number of hydrogen-bond donors (Lipinski definition) is 0. The summed E-state index contributed by atoms with van der Waals surface area (Å²) in [5.41, 5.74) is 0. The van der Waals surface area contributed by atoms with Crippen molar-refractivity contribution in [3.05, 3.63) is 11.6 Å². The van der Waals surface area contributed by atoms with Gasteiger partial charge in [0.2, 0.25) is 5.91 Å². The standard InChI is InChI=1S/C15H24N4OS/c1-13-3-2-5-19(11-13)14(20)12-17-6-8-18(9-7-17)15-16-4-10-21-15/h4,10,13H,2-3,5-9,11-12H2,1H3/t13-/m1/s1. The first kappa shape index (κ1) is 14.8. The molecule has 0 N–H and O–H groups in total. The van der Waals surface area contributed by atoms with Crippen molar-refractivity contribution in [2.75, 3.05) is 50.7 Å². The van der Waals surface area contributed by atoms with Gasteiger partial charge in [0.15, 0.2) is 5.13 Å². The average Bonchev–Trinajstić information content (AvgIpc) is 3.02. The third-order valence-corrected chi connectivity index (χ3v) is 5.26. The van der Waals surface area contributed by atoms with Crippen LogP contribution < -0.4 is 4.90 Å². The van der Waals surface area contributed by atoms with E-state index in [2.05, 4.69) is 26.6 Å². The molecule has 2 aliphatic heterocycles. The molecule has 6 heteroatoms. The summed E-state index contributed by atoms with van der Waals surface area (Å²) in [4.78, 5) is 23.4. The maximum absolute atomic E-state index is 12.4. The van der Waals surface area contributed by atoms with E-state index in [9.17, 15) is 4.79 Å². The number of nitrogens with zero attached hydrogens (tertiary/aromatic N) is 4. The van der Waals surface area contributed by atoms with Gasteiger partial charge in [-0.2, -0.15) is 0 Å². The maximum Gasteiger partial charge on any atom is 0.236 e. The molecule has 5 nitrogen and oxygen atoms in total.